The monoisotopic (exact) mass is 356 g/mol. The topological polar surface area (TPSA) is 119 Å². The summed E-state index contributed by atoms with van der Waals surface area (Å²) in [7, 11) is 0. The quantitative estimate of drug-likeness (QED) is 0.400. The minimum atomic E-state index is -0.620. The number of nitro benzene ring substituents is 1. The predicted molar refractivity (Wildman–Crippen MR) is 84.9 cm³/mol. The molecule has 2 aromatic heterocycles. The zero-order valence-corrected chi connectivity index (χ0v) is 13.2. The average Bonchev–Trinajstić information content (AvgIpc) is 3.32. The van der Waals surface area contributed by atoms with Crippen molar-refractivity contribution in [3.63, 3.8) is 0 Å². The van der Waals surface area contributed by atoms with Crippen molar-refractivity contribution in [1.82, 2.24) is 15.0 Å². The molecule has 2 amide bonds. The summed E-state index contributed by atoms with van der Waals surface area (Å²) in [6.45, 7) is -0.173. The number of carbonyl (C=O) groups is 2. The van der Waals surface area contributed by atoms with Crippen LogP contribution < -0.4 is 0 Å². The van der Waals surface area contributed by atoms with Crippen molar-refractivity contribution in [1.29, 1.82) is 0 Å². The molecule has 1 aromatic carbocycles. The lowest BCUT2D eigenvalue weighted by molar-refractivity contribution is -0.384. The van der Waals surface area contributed by atoms with Gasteiger partial charge in [-0.1, -0.05) is 5.16 Å². The van der Waals surface area contributed by atoms with Crippen molar-refractivity contribution in [2.45, 2.75) is 6.54 Å². The summed E-state index contributed by atoms with van der Waals surface area (Å²) in [6, 6.07) is 5.38. The van der Waals surface area contributed by atoms with Gasteiger partial charge in [0.05, 0.1) is 28.2 Å². The molecule has 0 fully saturated rings. The molecule has 1 aliphatic heterocycles. The van der Waals surface area contributed by atoms with Crippen molar-refractivity contribution < 1.29 is 19.0 Å². The maximum atomic E-state index is 12.4. The summed E-state index contributed by atoms with van der Waals surface area (Å²) in [5.74, 6) is -0.698. The first-order chi connectivity index (χ1) is 12.0. The van der Waals surface area contributed by atoms with E-state index < -0.39 is 16.7 Å². The fourth-order valence-electron chi connectivity index (χ4n) is 2.50. The van der Waals surface area contributed by atoms with E-state index in [0.29, 0.717) is 5.89 Å². The highest BCUT2D eigenvalue weighted by Crippen LogP contribution is 2.28. The molecule has 0 saturated heterocycles. The Bertz CT molecular complexity index is 1010. The van der Waals surface area contributed by atoms with Crippen molar-refractivity contribution in [2.24, 2.45) is 0 Å². The van der Waals surface area contributed by atoms with Gasteiger partial charge in [-0.15, -0.1) is 0 Å². The number of fused-ring (bicyclic) bond motifs is 1. The SMILES string of the molecule is O=C1c2ccc([N+](=O)[O-])cc2C(=O)N1Cc1noc(-c2ccsc2)n1. The number of carbonyl (C=O) groups excluding carboxylic acids is 2. The van der Waals surface area contributed by atoms with E-state index in [1.807, 2.05) is 16.8 Å². The molecule has 0 saturated carbocycles. The minimum Gasteiger partial charge on any atom is -0.334 e. The first kappa shape index (κ1) is 15.1. The van der Waals surface area contributed by atoms with Gasteiger partial charge in [0.2, 0.25) is 0 Å². The molecule has 4 rings (SSSR count). The van der Waals surface area contributed by atoms with Gasteiger partial charge in [0.1, 0.15) is 0 Å². The zero-order chi connectivity index (χ0) is 17.6. The Balaban J connectivity index is 1.61. The van der Waals surface area contributed by atoms with Gasteiger partial charge in [0.15, 0.2) is 5.82 Å². The molecule has 3 aromatic rings. The molecule has 0 spiro atoms. The fraction of sp³-hybridized carbons (Fsp3) is 0.0667. The van der Waals surface area contributed by atoms with Crippen LogP contribution in [0.5, 0.6) is 0 Å². The zero-order valence-electron chi connectivity index (χ0n) is 12.4. The number of non-ortho nitro benzene ring substituents is 1. The predicted octanol–water partition coefficient (Wildman–Crippen LogP) is 2.50. The number of imide groups is 1. The Morgan fingerprint density at radius 2 is 2.00 bits per heavy atom. The second-order valence-electron chi connectivity index (χ2n) is 5.21. The summed E-state index contributed by atoms with van der Waals surface area (Å²) in [5, 5.41) is 18.3. The molecule has 9 nitrogen and oxygen atoms in total. The van der Waals surface area contributed by atoms with Crippen LogP contribution in [0.1, 0.15) is 26.5 Å². The van der Waals surface area contributed by atoms with Gasteiger partial charge in [-0.05, 0) is 17.5 Å². The standard InChI is InChI=1S/C15H8N4O5S/c20-14-10-2-1-9(19(22)23)5-11(10)15(21)18(14)6-12-16-13(24-17-12)8-3-4-25-7-8/h1-5,7H,6H2. The number of benzene rings is 1. The Morgan fingerprint density at radius 1 is 1.20 bits per heavy atom. The van der Waals surface area contributed by atoms with Crippen molar-refractivity contribution in [3.8, 4) is 11.5 Å². The molecule has 1 aliphatic rings. The van der Waals surface area contributed by atoms with Gasteiger partial charge in [0, 0.05) is 17.5 Å². The Labute approximate surface area is 143 Å². The molecule has 10 heteroatoms. The van der Waals surface area contributed by atoms with Crippen LogP contribution in [0.25, 0.3) is 11.5 Å². The number of nitrogens with zero attached hydrogens (tertiary/aromatic N) is 4. The van der Waals surface area contributed by atoms with Gasteiger partial charge in [-0.2, -0.15) is 16.3 Å². The van der Waals surface area contributed by atoms with Crippen molar-refractivity contribution >= 4 is 28.8 Å². The van der Waals surface area contributed by atoms with Gasteiger partial charge in [-0.3, -0.25) is 24.6 Å². The molecule has 0 unspecified atom stereocenters. The molecular formula is C15H8N4O5S. The number of hydrogen-bond acceptors (Lipinski definition) is 8. The van der Waals surface area contributed by atoms with Crippen LogP contribution in [0.2, 0.25) is 0 Å². The van der Waals surface area contributed by atoms with E-state index >= 15 is 0 Å². The molecule has 0 radical (unpaired) electrons. The number of hydrogen-bond donors (Lipinski definition) is 0. The van der Waals surface area contributed by atoms with Crippen LogP contribution >= 0.6 is 11.3 Å². The highest BCUT2D eigenvalue weighted by Gasteiger charge is 2.37. The molecule has 25 heavy (non-hydrogen) atoms. The van der Waals surface area contributed by atoms with Crippen molar-refractivity contribution in [2.75, 3.05) is 0 Å². The minimum absolute atomic E-state index is 0.000697. The van der Waals surface area contributed by atoms with E-state index in [1.165, 1.54) is 23.5 Å². The van der Waals surface area contributed by atoms with E-state index in [0.717, 1.165) is 16.5 Å². The van der Waals surface area contributed by atoms with E-state index in [-0.39, 0.29) is 29.2 Å². The molecular weight excluding hydrogens is 348 g/mol. The molecule has 0 aliphatic carbocycles. The lowest BCUT2D eigenvalue weighted by atomic mass is 10.1. The number of rotatable bonds is 4. The summed E-state index contributed by atoms with van der Waals surface area (Å²) in [6.07, 6.45) is 0. The lowest BCUT2D eigenvalue weighted by Gasteiger charge is -2.10. The second kappa shape index (κ2) is 5.60. The molecule has 0 atom stereocenters. The Morgan fingerprint density at radius 3 is 2.72 bits per heavy atom. The third-order valence-corrected chi connectivity index (χ3v) is 4.38. The number of nitro groups is 1. The Kier molecular flexibility index (Phi) is 3.39. The van der Waals surface area contributed by atoms with Gasteiger partial charge >= 0.3 is 0 Å². The first-order valence-electron chi connectivity index (χ1n) is 7.04. The fourth-order valence-corrected chi connectivity index (χ4v) is 3.13. The second-order valence-corrected chi connectivity index (χ2v) is 5.99. The van der Waals surface area contributed by atoms with Gasteiger partial charge < -0.3 is 4.52 Å². The van der Waals surface area contributed by atoms with Crippen LogP contribution in [-0.2, 0) is 6.54 Å². The third-order valence-electron chi connectivity index (χ3n) is 3.70. The Hall–Kier alpha value is -3.40. The van der Waals surface area contributed by atoms with E-state index in [1.54, 1.807) is 0 Å². The van der Waals surface area contributed by atoms with Crippen LogP contribution in [0.4, 0.5) is 5.69 Å². The smallest absolute Gasteiger partial charge is 0.270 e. The maximum Gasteiger partial charge on any atom is 0.270 e. The third kappa shape index (κ3) is 2.48. The maximum absolute atomic E-state index is 12.4. The summed E-state index contributed by atoms with van der Waals surface area (Å²) in [4.78, 5) is 40.1. The highest BCUT2D eigenvalue weighted by atomic mass is 32.1. The van der Waals surface area contributed by atoms with Crippen LogP contribution in [-0.4, -0.2) is 31.8 Å². The van der Waals surface area contributed by atoms with E-state index in [4.69, 9.17) is 4.52 Å². The lowest BCUT2D eigenvalue weighted by Crippen LogP contribution is -2.29. The molecule has 0 bridgehead atoms. The van der Waals surface area contributed by atoms with Gasteiger partial charge in [0.25, 0.3) is 23.4 Å². The average molecular weight is 356 g/mol. The normalized spacial score (nSPS) is 13.4. The first-order valence-corrected chi connectivity index (χ1v) is 7.98. The highest BCUT2D eigenvalue weighted by molar-refractivity contribution is 7.08. The number of amides is 2. The molecule has 124 valence electrons. The largest absolute Gasteiger partial charge is 0.334 e. The molecule has 0 N–H and O–H groups in total. The number of aromatic nitrogens is 2. The molecule has 3 heterocycles. The summed E-state index contributed by atoms with van der Waals surface area (Å²) in [5.41, 5.74) is 0.626. The van der Waals surface area contributed by atoms with Crippen LogP contribution in [0.15, 0.2) is 39.5 Å². The van der Waals surface area contributed by atoms with Crippen molar-refractivity contribution in [3.05, 3.63) is 62.1 Å². The number of thiophene rings is 1. The van der Waals surface area contributed by atoms with Crippen LogP contribution in [0.3, 0.4) is 0 Å². The van der Waals surface area contributed by atoms with E-state index in [2.05, 4.69) is 10.1 Å². The van der Waals surface area contributed by atoms with Gasteiger partial charge in [-0.25, -0.2) is 0 Å². The van der Waals surface area contributed by atoms with E-state index in [9.17, 15) is 19.7 Å². The summed E-state index contributed by atoms with van der Waals surface area (Å²) < 4.78 is 5.12. The van der Waals surface area contributed by atoms with Crippen LogP contribution in [0, 0.1) is 10.1 Å². The summed E-state index contributed by atoms with van der Waals surface area (Å²) >= 11 is 1.47.